The fourth-order valence-corrected chi connectivity index (χ4v) is 1.77. The number of methoxy groups -OCH3 is 2. The minimum Gasteiger partial charge on any atom is -0.493 e. The minimum absolute atomic E-state index is 0.0484. The standard InChI is InChI=1S/C21H28O4/c1-16-7-6-10-19(13-16)25-15-18(22)9-5-4-8-17-11-12-20(23-2)21(14-17)24-3/h6-7,10-14,18,22H,4-5,8-9,15H2,1-3H3/i2D3,3D3,6D,7D,8D2,10D,11D,12D,13D,14D,15D2. The molecule has 1 N–H and O–H groups in total. The van der Waals surface area contributed by atoms with E-state index in [-0.39, 0.29) is 12.0 Å². The van der Waals surface area contributed by atoms with E-state index in [2.05, 4.69) is 9.47 Å². The van der Waals surface area contributed by atoms with Gasteiger partial charge in [0.2, 0.25) is 0 Å². The third-order valence-electron chi connectivity index (χ3n) is 2.93. The van der Waals surface area contributed by atoms with Crippen LogP contribution in [0.5, 0.6) is 17.2 Å². The van der Waals surface area contributed by atoms with Crippen molar-refractivity contribution in [3.63, 3.8) is 0 Å². The van der Waals surface area contributed by atoms with Crippen LogP contribution < -0.4 is 14.2 Å². The maximum Gasteiger partial charge on any atom is 0.160 e. The van der Waals surface area contributed by atoms with Crippen LogP contribution >= 0.6 is 0 Å². The highest BCUT2D eigenvalue weighted by atomic mass is 16.5. The van der Waals surface area contributed by atoms with E-state index < -0.39 is 111 Å². The maximum atomic E-state index is 10.5. The van der Waals surface area contributed by atoms with E-state index in [4.69, 9.17) is 28.0 Å². The number of rotatable bonds is 10. The Kier molecular flexibility index (Phi) is 2.59. The van der Waals surface area contributed by atoms with Gasteiger partial charge in [0.05, 0.1) is 40.7 Å². The van der Waals surface area contributed by atoms with Gasteiger partial charge in [-0.25, -0.2) is 0 Å². The lowest BCUT2D eigenvalue weighted by molar-refractivity contribution is 0.0976. The highest BCUT2D eigenvalue weighted by Crippen LogP contribution is 2.28. The van der Waals surface area contributed by atoms with Crippen molar-refractivity contribution >= 4 is 0 Å². The van der Waals surface area contributed by atoms with Crippen LogP contribution in [0, 0.1) is 6.92 Å². The number of benzene rings is 2. The van der Waals surface area contributed by atoms with E-state index in [0.29, 0.717) is 0 Å². The molecule has 0 heterocycles. The van der Waals surface area contributed by atoms with Gasteiger partial charge in [-0.2, -0.15) is 0 Å². The zero-order valence-corrected chi connectivity index (χ0v) is 13.4. The number of aliphatic hydroxyl groups excluding tert-OH is 1. The molecule has 1 unspecified atom stereocenters. The summed E-state index contributed by atoms with van der Waals surface area (Å²) >= 11 is 0. The molecular formula is C21H28O4. The molecular weight excluding hydrogens is 316 g/mol. The SMILES string of the molecule is [2H]c1c([2H])c(C)c([2H])c(OC([2H])([2H])C(O)CCCC([2H])([2H])c2c([2H])c([2H])c(OC([2H])([2H])[2H])c(OC([2H])([2H])[2H])c2[2H])c1[2H]. The molecule has 4 nitrogen and oxygen atoms in total. The number of hydrogen-bond acceptors (Lipinski definition) is 4. The van der Waals surface area contributed by atoms with Crippen molar-refractivity contribution in [1.82, 2.24) is 0 Å². The Morgan fingerprint density at radius 2 is 1.96 bits per heavy atom. The predicted molar refractivity (Wildman–Crippen MR) is 99.8 cm³/mol. The first-order valence-electron chi connectivity index (χ1n) is 15.8. The zero-order chi connectivity index (χ0) is 32.7. The van der Waals surface area contributed by atoms with E-state index in [1.54, 1.807) is 0 Å². The van der Waals surface area contributed by atoms with Crippen molar-refractivity contribution in [2.24, 2.45) is 0 Å². The third-order valence-corrected chi connectivity index (χ3v) is 2.93. The predicted octanol–water partition coefficient (Wildman–Crippen LogP) is 4.16. The largest absolute Gasteiger partial charge is 0.493 e. The molecule has 0 aliphatic rings. The van der Waals surface area contributed by atoms with Crippen molar-refractivity contribution in [3.05, 3.63) is 53.4 Å². The normalized spacial score (nSPS) is 23.8. The summed E-state index contributed by atoms with van der Waals surface area (Å²) in [6, 6.07) is -5.37. The second kappa shape index (κ2) is 9.94. The fourth-order valence-electron chi connectivity index (χ4n) is 1.77. The number of ether oxygens (including phenoxy) is 3. The maximum absolute atomic E-state index is 10.5. The van der Waals surface area contributed by atoms with Crippen molar-refractivity contribution in [1.29, 1.82) is 0 Å². The van der Waals surface area contributed by atoms with Crippen LogP contribution in [-0.2, 0) is 6.37 Å². The summed E-state index contributed by atoms with van der Waals surface area (Å²) in [5, 5.41) is 10.5. The van der Waals surface area contributed by atoms with Crippen molar-refractivity contribution in [2.45, 2.75) is 38.7 Å². The molecule has 0 saturated carbocycles. The van der Waals surface area contributed by atoms with Gasteiger partial charge in [0, 0.05) is 2.74 Å². The van der Waals surface area contributed by atoms with Crippen LogP contribution in [0.4, 0.5) is 0 Å². The molecule has 25 heavy (non-hydrogen) atoms. The number of aliphatic hydroxyl groups is 1. The molecule has 2 aromatic rings. The Morgan fingerprint density at radius 1 is 1.12 bits per heavy atom. The van der Waals surface area contributed by atoms with Gasteiger partial charge in [0.25, 0.3) is 0 Å². The fraction of sp³-hybridized carbons (Fsp3) is 0.429. The van der Waals surface area contributed by atoms with E-state index in [9.17, 15) is 5.11 Å². The van der Waals surface area contributed by atoms with Crippen LogP contribution in [0.1, 0.15) is 53.7 Å². The monoisotopic (exact) mass is 361 g/mol. The van der Waals surface area contributed by atoms with Crippen LogP contribution in [0.2, 0.25) is 0 Å². The van der Waals surface area contributed by atoms with E-state index in [1.807, 2.05) is 0 Å². The Hall–Kier alpha value is -2.20. The summed E-state index contributed by atoms with van der Waals surface area (Å²) in [6.45, 7) is -1.63. The summed E-state index contributed by atoms with van der Waals surface area (Å²) < 4.78 is 147. The van der Waals surface area contributed by atoms with Crippen LogP contribution in [-0.4, -0.2) is 31.8 Å². The zero-order valence-electron chi connectivity index (χ0n) is 30.4. The smallest absolute Gasteiger partial charge is 0.160 e. The molecule has 0 fully saturated rings. The lowest BCUT2D eigenvalue weighted by atomic mass is 10.0. The van der Waals surface area contributed by atoms with Crippen LogP contribution in [0.15, 0.2) is 42.3 Å². The van der Waals surface area contributed by atoms with Gasteiger partial charge in [0.1, 0.15) is 12.3 Å². The van der Waals surface area contributed by atoms with Gasteiger partial charge in [-0.3, -0.25) is 0 Å². The van der Waals surface area contributed by atoms with Gasteiger partial charge in [-0.05, 0) is 61.4 Å². The summed E-state index contributed by atoms with van der Waals surface area (Å²) in [7, 11) is -6.50. The molecule has 0 radical (unpaired) electrons. The number of hydrogen-bond donors (Lipinski definition) is 1. The summed E-state index contributed by atoms with van der Waals surface area (Å²) in [4.78, 5) is 0. The molecule has 2 rings (SSSR count). The highest BCUT2D eigenvalue weighted by molar-refractivity contribution is 5.42. The lowest BCUT2D eigenvalue weighted by Gasteiger charge is -2.13. The molecule has 0 saturated heterocycles. The van der Waals surface area contributed by atoms with Gasteiger partial charge in [-0.15, -0.1) is 0 Å². The first-order chi connectivity index (χ1) is 18.8. The van der Waals surface area contributed by atoms with Crippen LogP contribution in [0.3, 0.4) is 0 Å². The summed E-state index contributed by atoms with van der Waals surface area (Å²) in [5.41, 5.74) is -0.877. The molecule has 0 amide bonds. The Morgan fingerprint density at radius 3 is 2.80 bits per heavy atom. The minimum atomic E-state index is -3.27. The Bertz CT molecular complexity index is 1290. The van der Waals surface area contributed by atoms with Gasteiger partial charge in [0.15, 0.2) is 11.5 Å². The van der Waals surface area contributed by atoms with Gasteiger partial charge < -0.3 is 19.3 Å². The molecule has 0 bridgehead atoms. The second-order valence-electron chi connectivity index (χ2n) is 4.87. The molecule has 0 spiro atoms. The average molecular weight is 362 g/mol. The lowest BCUT2D eigenvalue weighted by Crippen LogP contribution is -2.17. The molecule has 136 valence electrons. The first-order valence-corrected chi connectivity index (χ1v) is 7.28. The van der Waals surface area contributed by atoms with Crippen molar-refractivity contribution in [3.8, 4) is 17.2 Å². The molecule has 4 heteroatoms. The van der Waals surface area contributed by atoms with Gasteiger partial charge >= 0.3 is 0 Å². The summed E-state index contributed by atoms with van der Waals surface area (Å²) in [5.74, 6) is -2.82. The average Bonchev–Trinajstić information content (AvgIpc) is 2.83. The first kappa shape index (κ1) is 6.51. The quantitative estimate of drug-likeness (QED) is 0.690. The van der Waals surface area contributed by atoms with E-state index in [0.717, 1.165) is 0 Å². The topological polar surface area (TPSA) is 47.9 Å². The van der Waals surface area contributed by atoms with Crippen molar-refractivity contribution < 1.29 is 42.6 Å². The Labute approximate surface area is 174 Å². The molecule has 0 aromatic heterocycles. The Balaban J connectivity index is 2.35. The summed E-state index contributed by atoms with van der Waals surface area (Å²) in [6.07, 6.45) is -6.08. The van der Waals surface area contributed by atoms with Crippen molar-refractivity contribution in [2.75, 3.05) is 20.6 Å². The van der Waals surface area contributed by atoms with Crippen LogP contribution in [0.25, 0.3) is 0 Å². The van der Waals surface area contributed by atoms with Gasteiger partial charge in [-0.1, -0.05) is 24.5 Å². The molecule has 1 atom stereocenters. The third kappa shape index (κ3) is 6.31. The molecule has 2 aromatic carbocycles. The van der Waals surface area contributed by atoms with E-state index in [1.165, 1.54) is 6.92 Å². The molecule has 0 aliphatic carbocycles. The highest BCUT2D eigenvalue weighted by Gasteiger charge is 2.07. The molecule has 0 aliphatic heterocycles. The van der Waals surface area contributed by atoms with E-state index >= 15 is 0 Å². The second-order valence-corrected chi connectivity index (χ2v) is 4.87.